The molecule has 0 spiro atoms. The van der Waals surface area contributed by atoms with Crippen molar-refractivity contribution in [3.63, 3.8) is 0 Å². The number of ether oxygens (including phenoxy) is 1. The van der Waals surface area contributed by atoms with Gasteiger partial charge in [-0.3, -0.25) is 9.69 Å². The topological polar surface area (TPSA) is 95.9 Å². The summed E-state index contributed by atoms with van der Waals surface area (Å²) in [6.45, 7) is 2.38. The standard InChI is InChI=1S/C26H22N2O5/c1-17-6-8-18(9-7-17)15-28-24(29)22(27-26(28)32)14-21-4-2-3-5-23(21)33-16-19-10-12-20(13-11-19)25(30)31/h2-14H,15-16H2,1H3,(H,27,32)(H,30,31). The fourth-order valence-corrected chi connectivity index (χ4v) is 3.38. The first-order valence-electron chi connectivity index (χ1n) is 10.3. The number of carboxylic acid groups (broad SMARTS) is 1. The number of amides is 3. The summed E-state index contributed by atoms with van der Waals surface area (Å²) in [5.74, 6) is -0.856. The van der Waals surface area contributed by atoms with Crippen LogP contribution in [0.5, 0.6) is 5.75 Å². The van der Waals surface area contributed by atoms with Crippen LogP contribution in [0.15, 0.2) is 78.5 Å². The highest BCUT2D eigenvalue weighted by Crippen LogP contribution is 2.24. The smallest absolute Gasteiger partial charge is 0.335 e. The normalized spacial score (nSPS) is 14.5. The predicted molar refractivity (Wildman–Crippen MR) is 122 cm³/mol. The molecule has 1 heterocycles. The van der Waals surface area contributed by atoms with Crippen LogP contribution in [-0.2, 0) is 17.9 Å². The van der Waals surface area contributed by atoms with Crippen LogP contribution in [0, 0.1) is 6.92 Å². The number of aromatic carboxylic acids is 1. The monoisotopic (exact) mass is 442 g/mol. The number of hydrogen-bond acceptors (Lipinski definition) is 4. The lowest BCUT2D eigenvalue weighted by Crippen LogP contribution is -2.30. The molecule has 1 fully saturated rings. The summed E-state index contributed by atoms with van der Waals surface area (Å²) >= 11 is 0. The maximum Gasteiger partial charge on any atom is 0.335 e. The molecule has 3 aromatic carbocycles. The molecule has 2 N–H and O–H groups in total. The molecule has 0 unspecified atom stereocenters. The van der Waals surface area contributed by atoms with E-state index in [2.05, 4.69) is 5.32 Å². The fraction of sp³-hybridized carbons (Fsp3) is 0.115. The first-order chi connectivity index (χ1) is 15.9. The number of benzene rings is 3. The Morgan fingerprint density at radius 3 is 2.33 bits per heavy atom. The van der Waals surface area contributed by atoms with Gasteiger partial charge >= 0.3 is 12.0 Å². The van der Waals surface area contributed by atoms with Crippen LogP contribution >= 0.6 is 0 Å². The number of nitrogens with zero attached hydrogens (tertiary/aromatic N) is 1. The van der Waals surface area contributed by atoms with Gasteiger partial charge in [-0.15, -0.1) is 0 Å². The van der Waals surface area contributed by atoms with Gasteiger partial charge in [0.2, 0.25) is 0 Å². The molecule has 1 aliphatic heterocycles. The summed E-state index contributed by atoms with van der Waals surface area (Å²) < 4.78 is 5.90. The van der Waals surface area contributed by atoms with Gasteiger partial charge in [-0.1, -0.05) is 60.2 Å². The van der Waals surface area contributed by atoms with Gasteiger partial charge in [0.15, 0.2) is 0 Å². The number of hydrogen-bond donors (Lipinski definition) is 2. The van der Waals surface area contributed by atoms with Gasteiger partial charge in [-0.25, -0.2) is 9.59 Å². The number of imide groups is 1. The highest BCUT2D eigenvalue weighted by molar-refractivity contribution is 6.14. The lowest BCUT2D eigenvalue weighted by molar-refractivity contribution is -0.123. The zero-order chi connectivity index (χ0) is 23.4. The zero-order valence-electron chi connectivity index (χ0n) is 17.9. The van der Waals surface area contributed by atoms with Crippen molar-refractivity contribution >= 4 is 24.0 Å². The van der Waals surface area contributed by atoms with Gasteiger partial charge in [-0.2, -0.15) is 0 Å². The Hall–Kier alpha value is -4.39. The molecule has 0 aromatic heterocycles. The molecule has 7 nitrogen and oxygen atoms in total. The Morgan fingerprint density at radius 1 is 0.970 bits per heavy atom. The highest BCUT2D eigenvalue weighted by atomic mass is 16.5. The van der Waals surface area contributed by atoms with Crippen molar-refractivity contribution in [2.75, 3.05) is 0 Å². The molecule has 0 saturated carbocycles. The van der Waals surface area contributed by atoms with Crippen LogP contribution < -0.4 is 10.1 Å². The largest absolute Gasteiger partial charge is 0.488 e. The number of carbonyl (C=O) groups is 3. The minimum absolute atomic E-state index is 0.175. The molecule has 0 aliphatic carbocycles. The van der Waals surface area contributed by atoms with E-state index in [0.29, 0.717) is 11.3 Å². The van der Waals surface area contributed by atoms with Gasteiger partial charge in [-0.05, 0) is 42.3 Å². The van der Waals surface area contributed by atoms with Crippen molar-refractivity contribution in [2.45, 2.75) is 20.1 Å². The molecule has 7 heteroatoms. The Bertz CT molecular complexity index is 1230. The number of nitrogens with one attached hydrogen (secondary N) is 1. The van der Waals surface area contributed by atoms with Gasteiger partial charge < -0.3 is 15.2 Å². The van der Waals surface area contributed by atoms with E-state index >= 15 is 0 Å². The third kappa shape index (κ3) is 5.10. The van der Waals surface area contributed by atoms with Crippen LogP contribution in [0.4, 0.5) is 4.79 Å². The van der Waals surface area contributed by atoms with Crippen molar-refractivity contribution in [3.8, 4) is 5.75 Å². The van der Waals surface area contributed by atoms with E-state index in [1.54, 1.807) is 30.3 Å². The lowest BCUT2D eigenvalue weighted by Gasteiger charge is -2.12. The summed E-state index contributed by atoms with van der Waals surface area (Å²) in [5, 5.41) is 11.6. The molecule has 3 aromatic rings. The van der Waals surface area contributed by atoms with E-state index in [0.717, 1.165) is 16.7 Å². The molecule has 0 atom stereocenters. The summed E-state index contributed by atoms with van der Waals surface area (Å²) in [7, 11) is 0. The number of aryl methyl sites for hydroxylation is 1. The molecule has 1 saturated heterocycles. The molecule has 4 rings (SSSR count). The molecular formula is C26H22N2O5. The van der Waals surface area contributed by atoms with Crippen LogP contribution in [0.2, 0.25) is 0 Å². The average Bonchev–Trinajstić information content (AvgIpc) is 3.07. The second-order valence-electron chi connectivity index (χ2n) is 7.69. The maximum absolute atomic E-state index is 12.9. The van der Waals surface area contributed by atoms with Crippen LogP contribution in [-0.4, -0.2) is 27.9 Å². The van der Waals surface area contributed by atoms with Crippen LogP contribution in [0.3, 0.4) is 0 Å². The van der Waals surface area contributed by atoms with E-state index in [9.17, 15) is 14.4 Å². The molecular weight excluding hydrogens is 420 g/mol. The number of para-hydroxylation sites is 1. The summed E-state index contributed by atoms with van der Waals surface area (Å²) in [5.41, 5.74) is 3.79. The first-order valence-corrected chi connectivity index (χ1v) is 10.3. The highest BCUT2D eigenvalue weighted by Gasteiger charge is 2.33. The molecule has 1 aliphatic rings. The van der Waals surface area contributed by atoms with Crippen molar-refractivity contribution in [1.82, 2.24) is 10.2 Å². The summed E-state index contributed by atoms with van der Waals surface area (Å²) in [4.78, 5) is 37.4. The van der Waals surface area contributed by atoms with Crippen LogP contribution in [0.25, 0.3) is 6.08 Å². The minimum Gasteiger partial charge on any atom is -0.488 e. The molecule has 33 heavy (non-hydrogen) atoms. The van der Waals surface area contributed by atoms with E-state index in [4.69, 9.17) is 9.84 Å². The Morgan fingerprint density at radius 2 is 1.64 bits per heavy atom. The quantitative estimate of drug-likeness (QED) is 0.419. The predicted octanol–water partition coefficient (Wildman–Crippen LogP) is 4.37. The van der Waals surface area contributed by atoms with E-state index in [1.807, 2.05) is 43.3 Å². The molecule has 0 radical (unpaired) electrons. The first kappa shape index (κ1) is 21.8. The zero-order valence-corrected chi connectivity index (χ0v) is 17.9. The molecule has 0 bridgehead atoms. The number of carbonyl (C=O) groups excluding carboxylic acids is 2. The average molecular weight is 442 g/mol. The van der Waals surface area contributed by atoms with Crippen molar-refractivity contribution in [3.05, 3.63) is 106 Å². The Labute approximate surface area is 190 Å². The molecule has 3 amide bonds. The number of urea groups is 1. The van der Waals surface area contributed by atoms with Crippen molar-refractivity contribution < 1.29 is 24.2 Å². The van der Waals surface area contributed by atoms with Gasteiger partial charge in [0, 0.05) is 5.56 Å². The van der Waals surface area contributed by atoms with E-state index in [1.165, 1.54) is 17.0 Å². The second-order valence-corrected chi connectivity index (χ2v) is 7.69. The van der Waals surface area contributed by atoms with Gasteiger partial charge in [0.25, 0.3) is 5.91 Å². The number of carboxylic acids is 1. The minimum atomic E-state index is -0.987. The Balaban J connectivity index is 1.48. The lowest BCUT2D eigenvalue weighted by atomic mass is 10.1. The third-order valence-corrected chi connectivity index (χ3v) is 5.24. The van der Waals surface area contributed by atoms with Crippen LogP contribution in [0.1, 0.15) is 32.6 Å². The van der Waals surface area contributed by atoms with Gasteiger partial charge in [0.05, 0.1) is 12.1 Å². The van der Waals surface area contributed by atoms with Gasteiger partial charge in [0.1, 0.15) is 18.1 Å². The van der Waals surface area contributed by atoms with Crippen molar-refractivity contribution in [1.29, 1.82) is 0 Å². The number of rotatable bonds is 7. The second kappa shape index (κ2) is 9.40. The fourth-order valence-electron chi connectivity index (χ4n) is 3.38. The Kier molecular flexibility index (Phi) is 6.22. The SMILES string of the molecule is Cc1ccc(CN2C(=O)NC(=Cc3ccccc3OCc3ccc(C(=O)O)cc3)C2=O)cc1. The van der Waals surface area contributed by atoms with Crippen molar-refractivity contribution in [2.24, 2.45) is 0 Å². The molecule has 166 valence electrons. The summed E-state index contributed by atoms with van der Waals surface area (Å²) in [6, 6.07) is 20.8. The van der Waals surface area contributed by atoms with E-state index < -0.39 is 17.9 Å². The third-order valence-electron chi connectivity index (χ3n) is 5.24. The maximum atomic E-state index is 12.9. The van der Waals surface area contributed by atoms with E-state index in [-0.39, 0.29) is 24.4 Å². The summed E-state index contributed by atoms with van der Waals surface area (Å²) in [6.07, 6.45) is 1.60.